The molecule has 0 radical (unpaired) electrons. The summed E-state index contributed by atoms with van der Waals surface area (Å²) in [4.78, 5) is 12.5. The molecule has 0 spiro atoms. The molecule has 0 saturated heterocycles. The molecule has 0 aliphatic carbocycles. The summed E-state index contributed by atoms with van der Waals surface area (Å²) in [6.07, 6.45) is 3.17. The smallest absolute Gasteiger partial charge is 0.186 e. The highest BCUT2D eigenvalue weighted by Crippen LogP contribution is 2.24. The summed E-state index contributed by atoms with van der Waals surface area (Å²) in [6.45, 7) is 0. The number of carbonyl (C=O) groups is 1. The van der Waals surface area contributed by atoms with Crippen LogP contribution >= 0.6 is 0 Å². The van der Waals surface area contributed by atoms with E-state index in [2.05, 4.69) is 10.2 Å². The number of rotatable bonds is 7. The molecule has 0 saturated carbocycles. The van der Waals surface area contributed by atoms with Crippen LogP contribution < -0.4 is 14.2 Å². The van der Waals surface area contributed by atoms with Crippen molar-refractivity contribution in [1.29, 1.82) is 0 Å². The maximum atomic E-state index is 12.5. The van der Waals surface area contributed by atoms with E-state index >= 15 is 0 Å². The Morgan fingerprint density at radius 1 is 0.889 bits per heavy atom. The van der Waals surface area contributed by atoms with Crippen LogP contribution in [-0.2, 0) is 0 Å². The van der Waals surface area contributed by atoms with Crippen LogP contribution in [0.25, 0.3) is 17.3 Å². The number of methoxy groups -OCH3 is 3. The van der Waals surface area contributed by atoms with Crippen LogP contribution in [0.5, 0.6) is 17.2 Å². The minimum atomic E-state index is -0.159. The maximum Gasteiger partial charge on any atom is 0.186 e. The average Bonchev–Trinajstić information content (AvgIpc) is 3.20. The molecule has 0 atom stereocenters. The third kappa shape index (κ3) is 4.36. The van der Waals surface area contributed by atoms with Crippen molar-refractivity contribution in [2.24, 2.45) is 0 Å². The molecule has 0 amide bonds. The van der Waals surface area contributed by atoms with E-state index in [1.807, 2.05) is 30.3 Å². The molecule has 1 N–H and O–H groups in total. The number of aromatic amines is 1. The zero-order valence-electron chi connectivity index (χ0n) is 15.4. The van der Waals surface area contributed by atoms with Gasteiger partial charge in [-0.1, -0.05) is 0 Å². The van der Waals surface area contributed by atoms with Crippen molar-refractivity contribution in [3.05, 3.63) is 65.9 Å². The first-order valence-electron chi connectivity index (χ1n) is 8.28. The lowest BCUT2D eigenvalue weighted by atomic mass is 10.1. The third-order valence-electron chi connectivity index (χ3n) is 4.03. The van der Waals surface area contributed by atoms with Gasteiger partial charge in [-0.2, -0.15) is 5.10 Å². The summed E-state index contributed by atoms with van der Waals surface area (Å²) < 4.78 is 15.6. The number of aromatic nitrogens is 2. The van der Waals surface area contributed by atoms with E-state index in [-0.39, 0.29) is 5.78 Å². The van der Waals surface area contributed by atoms with Gasteiger partial charge in [-0.3, -0.25) is 9.89 Å². The van der Waals surface area contributed by atoms with Crippen molar-refractivity contribution in [2.75, 3.05) is 21.3 Å². The number of ether oxygens (including phenoxy) is 3. The number of ketones is 1. The predicted molar refractivity (Wildman–Crippen MR) is 103 cm³/mol. The topological polar surface area (TPSA) is 73.4 Å². The minimum Gasteiger partial charge on any atom is -0.497 e. The fraction of sp³-hybridized carbons (Fsp3) is 0.143. The van der Waals surface area contributed by atoms with Gasteiger partial charge in [-0.15, -0.1) is 0 Å². The molecule has 0 unspecified atom stereocenters. The lowest BCUT2D eigenvalue weighted by Crippen LogP contribution is -1.97. The Morgan fingerprint density at radius 3 is 2.11 bits per heavy atom. The molecule has 1 heterocycles. The Balaban J connectivity index is 1.76. The van der Waals surface area contributed by atoms with Crippen molar-refractivity contribution in [3.8, 4) is 28.5 Å². The predicted octanol–water partition coefficient (Wildman–Crippen LogP) is 4.00. The van der Waals surface area contributed by atoms with Gasteiger partial charge in [0, 0.05) is 17.2 Å². The summed E-state index contributed by atoms with van der Waals surface area (Å²) in [5.41, 5.74) is 2.95. The number of nitrogens with one attached hydrogen (secondary N) is 1. The molecule has 1 aromatic heterocycles. The molecular weight excluding hydrogens is 344 g/mol. The Morgan fingerprint density at radius 2 is 1.52 bits per heavy atom. The van der Waals surface area contributed by atoms with Crippen LogP contribution in [0.15, 0.2) is 54.6 Å². The fourth-order valence-electron chi connectivity index (χ4n) is 2.54. The van der Waals surface area contributed by atoms with Gasteiger partial charge < -0.3 is 14.2 Å². The van der Waals surface area contributed by atoms with Gasteiger partial charge in [0.1, 0.15) is 17.2 Å². The van der Waals surface area contributed by atoms with Gasteiger partial charge in [0.15, 0.2) is 5.78 Å². The number of hydrogen-bond donors (Lipinski definition) is 1. The van der Waals surface area contributed by atoms with E-state index in [0.29, 0.717) is 17.1 Å². The van der Waals surface area contributed by atoms with Crippen molar-refractivity contribution in [1.82, 2.24) is 10.2 Å². The Kier molecular flexibility index (Phi) is 5.56. The van der Waals surface area contributed by atoms with Crippen LogP contribution in [0.2, 0.25) is 0 Å². The van der Waals surface area contributed by atoms with Crippen molar-refractivity contribution in [2.45, 2.75) is 0 Å². The first-order chi connectivity index (χ1) is 13.1. The molecule has 138 valence electrons. The van der Waals surface area contributed by atoms with E-state index in [9.17, 15) is 4.79 Å². The Bertz CT molecular complexity index is 936. The van der Waals surface area contributed by atoms with E-state index < -0.39 is 0 Å². The second kappa shape index (κ2) is 8.23. The molecule has 6 heteroatoms. The van der Waals surface area contributed by atoms with Gasteiger partial charge >= 0.3 is 0 Å². The second-order valence-corrected chi connectivity index (χ2v) is 5.74. The average molecular weight is 364 g/mol. The van der Waals surface area contributed by atoms with E-state index in [4.69, 9.17) is 14.2 Å². The van der Waals surface area contributed by atoms with E-state index in [1.165, 1.54) is 6.08 Å². The number of benzene rings is 2. The Hall–Kier alpha value is -3.54. The third-order valence-corrected chi connectivity index (χ3v) is 4.03. The second-order valence-electron chi connectivity index (χ2n) is 5.74. The molecule has 3 aromatic rings. The van der Waals surface area contributed by atoms with Gasteiger partial charge in [0.05, 0.1) is 32.7 Å². The summed E-state index contributed by atoms with van der Waals surface area (Å²) >= 11 is 0. The molecular formula is C21H20N2O4. The summed E-state index contributed by atoms with van der Waals surface area (Å²) in [7, 11) is 4.72. The van der Waals surface area contributed by atoms with Crippen LogP contribution in [0, 0.1) is 0 Å². The van der Waals surface area contributed by atoms with Crippen LogP contribution in [0.3, 0.4) is 0 Å². The largest absolute Gasteiger partial charge is 0.497 e. The standard InChI is InChI=1S/C21H20N2O4/c1-25-17-7-4-14(5-8-17)20-12-16(22-23-20)6-9-21(24)15-10-18(26-2)13-19(11-15)27-3/h4-13H,1-3H3,(H,22,23). The number of hydrogen-bond acceptors (Lipinski definition) is 5. The zero-order valence-corrected chi connectivity index (χ0v) is 15.4. The molecule has 0 fully saturated rings. The summed E-state index contributed by atoms with van der Waals surface area (Å²) in [5, 5.41) is 7.19. The number of allylic oxidation sites excluding steroid dienone is 1. The molecule has 6 nitrogen and oxygen atoms in total. The SMILES string of the molecule is COc1ccc(-c2cc(C=CC(=O)c3cc(OC)cc(OC)c3)[nH]n2)cc1. The maximum absolute atomic E-state index is 12.5. The quantitative estimate of drug-likeness (QED) is 0.507. The fourth-order valence-corrected chi connectivity index (χ4v) is 2.54. The zero-order chi connectivity index (χ0) is 19.2. The molecule has 3 rings (SSSR count). The Labute approximate surface area is 157 Å². The lowest BCUT2D eigenvalue weighted by molar-refractivity contribution is 0.104. The lowest BCUT2D eigenvalue weighted by Gasteiger charge is -2.06. The van der Waals surface area contributed by atoms with Gasteiger partial charge in [0.2, 0.25) is 0 Å². The first kappa shape index (κ1) is 18.3. The molecule has 0 bridgehead atoms. The highest BCUT2D eigenvalue weighted by atomic mass is 16.5. The van der Waals surface area contributed by atoms with Crippen molar-refractivity contribution < 1.29 is 19.0 Å². The summed E-state index contributed by atoms with van der Waals surface area (Å²) in [6, 6.07) is 14.5. The highest BCUT2D eigenvalue weighted by Gasteiger charge is 2.08. The molecule has 0 aliphatic heterocycles. The molecule has 27 heavy (non-hydrogen) atoms. The van der Waals surface area contributed by atoms with Crippen LogP contribution in [0.4, 0.5) is 0 Å². The first-order valence-corrected chi connectivity index (χ1v) is 8.28. The van der Waals surface area contributed by atoms with E-state index in [0.717, 1.165) is 22.7 Å². The molecule has 0 aliphatic rings. The number of carbonyl (C=O) groups excluding carboxylic acids is 1. The highest BCUT2D eigenvalue weighted by molar-refractivity contribution is 6.07. The summed E-state index contributed by atoms with van der Waals surface area (Å²) in [5.74, 6) is 1.75. The minimum absolute atomic E-state index is 0.159. The van der Waals surface area contributed by atoms with Crippen LogP contribution in [0.1, 0.15) is 16.1 Å². The monoisotopic (exact) mass is 364 g/mol. The number of nitrogens with zero attached hydrogens (tertiary/aromatic N) is 1. The van der Waals surface area contributed by atoms with Crippen molar-refractivity contribution >= 4 is 11.9 Å². The normalized spacial score (nSPS) is 10.8. The van der Waals surface area contributed by atoms with E-state index in [1.54, 1.807) is 45.6 Å². The van der Waals surface area contributed by atoms with Gasteiger partial charge in [0.25, 0.3) is 0 Å². The molecule has 2 aromatic carbocycles. The van der Waals surface area contributed by atoms with Gasteiger partial charge in [-0.05, 0) is 54.6 Å². The van der Waals surface area contributed by atoms with Gasteiger partial charge in [-0.25, -0.2) is 0 Å². The number of H-pyrrole nitrogens is 1. The van der Waals surface area contributed by atoms with Crippen molar-refractivity contribution in [3.63, 3.8) is 0 Å². The van der Waals surface area contributed by atoms with Crippen LogP contribution in [-0.4, -0.2) is 37.3 Å².